The maximum Gasteiger partial charge on any atom is 0.125 e. The first kappa shape index (κ1) is 11.9. The van der Waals surface area contributed by atoms with E-state index < -0.39 is 0 Å². The molecule has 0 radical (unpaired) electrons. The molecule has 0 amide bonds. The van der Waals surface area contributed by atoms with E-state index in [2.05, 4.69) is 15.9 Å². The highest BCUT2D eigenvalue weighted by molar-refractivity contribution is 9.10. The van der Waals surface area contributed by atoms with Crippen LogP contribution in [0, 0.1) is 5.92 Å². The zero-order chi connectivity index (χ0) is 11.5. The lowest BCUT2D eigenvalue weighted by Crippen LogP contribution is -2.08. The van der Waals surface area contributed by atoms with Gasteiger partial charge in [-0.2, -0.15) is 0 Å². The fourth-order valence-electron chi connectivity index (χ4n) is 1.75. The van der Waals surface area contributed by atoms with Crippen molar-refractivity contribution < 1.29 is 4.74 Å². The van der Waals surface area contributed by atoms with E-state index in [-0.39, 0.29) is 6.04 Å². The van der Waals surface area contributed by atoms with Gasteiger partial charge in [-0.1, -0.05) is 34.8 Å². The summed E-state index contributed by atoms with van der Waals surface area (Å²) < 4.78 is 6.86. The number of halogens is 1. The summed E-state index contributed by atoms with van der Waals surface area (Å²) in [5, 5.41) is 0. The molecule has 1 saturated carbocycles. The van der Waals surface area contributed by atoms with Gasteiger partial charge in [-0.05, 0) is 31.4 Å². The number of rotatable bonds is 5. The Bertz CT molecular complexity index is 361. The van der Waals surface area contributed by atoms with Gasteiger partial charge in [0.2, 0.25) is 0 Å². The van der Waals surface area contributed by atoms with Crippen molar-refractivity contribution in [3.63, 3.8) is 0 Å². The summed E-state index contributed by atoms with van der Waals surface area (Å²) in [7, 11) is 0. The summed E-state index contributed by atoms with van der Waals surface area (Å²) in [6, 6.07) is 6.06. The third-order valence-corrected chi connectivity index (χ3v) is 3.44. The van der Waals surface area contributed by atoms with Crippen LogP contribution in [0.25, 0.3) is 0 Å². The SMILES string of the molecule is C[C@H](N)c1ccc(Br)cc1OCCC1CC1. The minimum atomic E-state index is 0.0176. The molecule has 16 heavy (non-hydrogen) atoms. The van der Waals surface area contributed by atoms with Crippen LogP contribution in [0.15, 0.2) is 22.7 Å². The van der Waals surface area contributed by atoms with E-state index in [1.54, 1.807) is 0 Å². The Hall–Kier alpha value is -0.540. The Morgan fingerprint density at radius 3 is 2.88 bits per heavy atom. The number of benzene rings is 1. The van der Waals surface area contributed by atoms with Crippen molar-refractivity contribution >= 4 is 15.9 Å². The maximum absolute atomic E-state index is 5.91. The maximum atomic E-state index is 5.91. The van der Waals surface area contributed by atoms with Gasteiger partial charge in [0.25, 0.3) is 0 Å². The summed E-state index contributed by atoms with van der Waals surface area (Å²) in [5.41, 5.74) is 7.00. The molecule has 2 nitrogen and oxygen atoms in total. The molecule has 0 spiro atoms. The highest BCUT2D eigenvalue weighted by Crippen LogP contribution is 2.33. The second-order valence-corrected chi connectivity index (χ2v) is 5.47. The van der Waals surface area contributed by atoms with Crippen LogP contribution in [0.1, 0.15) is 37.8 Å². The predicted molar refractivity (Wildman–Crippen MR) is 69.6 cm³/mol. The van der Waals surface area contributed by atoms with Crippen LogP contribution in [0.2, 0.25) is 0 Å². The average molecular weight is 284 g/mol. The van der Waals surface area contributed by atoms with Gasteiger partial charge >= 0.3 is 0 Å². The summed E-state index contributed by atoms with van der Waals surface area (Å²) in [4.78, 5) is 0. The van der Waals surface area contributed by atoms with E-state index in [0.29, 0.717) is 0 Å². The van der Waals surface area contributed by atoms with Crippen LogP contribution in [-0.4, -0.2) is 6.61 Å². The fourth-order valence-corrected chi connectivity index (χ4v) is 2.09. The van der Waals surface area contributed by atoms with Gasteiger partial charge in [0.05, 0.1) is 6.61 Å². The molecule has 0 unspecified atom stereocenters. The fraction of sp³-hybridized carbons (Fsp3) is 0.538. The first-order chi connectivity index (χ1) is 7.66. The molecular formula is C13H18BrNO. The normalized spacial score (nSPS) is 17.2. The second kappa shape index (κ2) is 5.19. The average Bonchev–Trinajstić information content (AvgIpc) is 3.01. The molecule has 1 aromatic rings. The van der Waals surface area contributed by atoms with Gasteiger partial charge in [0.1, 0.15) is 5.75 Å². The monoisotopic (exact) mass is 283 g/mol. The van der Waals surface area contributed by atoms with Gasteiger partial charge in [0, 0.05) is 16.1 Å². The lowest BCUT2D eigenvalue weighted by molar-refractivity contribution is 0.298. The molecule has 0 bridgehead atoms. The van der Waals surface area contributed by atoms with Crippen molar-refractivity contribution in [2.75, 3.05) is 6.61 Å². The molecular weight excluding hydrogens is 266 g/mol. The highest BCUT2D eigenvalue weighted by atomic mass is 79.9. The smallest absolute Gasteiger partial charge is 0.125 e. The summed E-state index contributed by atoms with van der Waals surface area (Å²) in [6.45, 7) is 2.79. The van der Waals surface area contributed by atoms with Crippen LogP contribution in [-0.2, 0) is 0 Å². The standard InChI is InChI=1S/C13H18BrNO/c1-9(15)12-5-4-11(14)8-13(12)16-7-6-10-2-3-10/h4-5,8-10H,2-3,6-7,15H2,1H3/t9-/m0/s1. The molecule has 1 aromatic carbocycles. The zero-order valence-corrected chi connectivity index (χ0v) is 11.2. The summed E-state index contributed by atoms with van der Waals surface area (Å²) in [5.74, 6) is 1.83. The lowest BCUT2D eigenvalue weighted by atomic mass is 10.1. The van der Waals surface area contributed by atoms with Crippen LogP contribution in [0.3, 0.4) is 0 Å². The third-order valence-electron chi connectivity index (χ3n) is 2.95. The molecule has 1 aliphatic rings. The van der Waals surface area contributed by atoms with E-state index in [0.717, 1.165) is 28.3 Å². The van der Waals surface area contributed by atoms with E-state index >= 15 is 0 Å². The molecule has 1 fully saturated rings. The minimum Gasteiger partial charge on any atom is -0.493 e. The first-order valence-electron chi connectivity index (χ1n) is 5.84. The molecule has 2 rings (SSSR count). The molecule has 0 aliphatic heterocycles. The van der Waals surface area contributed by atoms with Gasteiger partial charge < -0.3 is 10.5 Å². The van der Waals surface area contributed by atoms with Crippen LogP contribution in [0.4, 0.5) is 0 Å². The zero-order valence-electron chi connectivity index (χ0n) is 9.58. The minimum absolute atomic E-state index is 0.0176. The first-order valence-corrected chi connectivity index (χ1v) is 6.64. The Labute approximate surface area is 105 Å². The summed E-state index contributed by atoms with van der Waals surface area (Å²) >= 11 is 3.46. The number of hydrogen-bond donors (Lipinski definition) is 1. The van der Waals surface area contributed by atoms with Gasteiger partial charge in [-0.3, -0.25) is 0 Å². The molecule has 0 aromatic heterocycles. The van der Waals surface area contributed by atoms with Crippen molar-refractivity contribution in [1.29, 1.82) is 0 Å². The Morgan fingerprint density at radius 1 is 1.50 bits per heavy atom. The van der Waals surface area contributed by atoms with E-state index in [4.69, 9.17) is 10.5 Å². The highest BCUT2D eigenvalue weighted by Gasteiger charge is 2.21. The van der Waals surface area contributed by atoms with Crippen LogP contribution in [0.5, 0.6) is 5.75 Å². The predicted octanol–water partition coefficient (Wildman–Crippen LogP) is 3.65. The number of hydrogen-bond acceptors (Lipinski definition) is 2. The summed E-state index contributed by atoms with van der Waals surface area (Å²) in [6.07, 6.45) is 3.93. The van der Waals surface area contributed by atoms with Crippen molar-refractivity contribution in [1.82, 2.24) is 0 Å². The van der Waals surface area contributed by atoms with Crippen LogP contribution < -0.4 is 10.5 Å². The molecule has 3 heteroatoms. The van der Waals surface area contributed by atoms with Crippen molar-refractivity contribution in [2.45, 2.75) is 32.2 Å². The Morgan fingerprint density at radius 2 is 2.25 bits per heavy atom. The van der Waals surface area contributed by atoms with Gasteiger partial charge in [0.15, 0.2) is 0 Å². The van der Waals surface area contributed by atoms with E-state index in [9.17, 15) is 0 Å². The number of nitrogens with two attached hydrogens (primary N) is 1. The third kappa shape index (κ3) is 3.22. The molecule has 0 saturated heterocycles. The quantitative estimate of drug-likeness (QED) is 0.895. The number of ether oxygens (including phenoxy) is 1. The molecule has 1 aliphatic carbocycles. The van der Waals surface area contributed by atoms with Crippen LogP contribution >= 0.6 is 15.9 Å². The molecule has 2 N–H and O–H groups in total. The largest absolute Gasteiger partial charge is 0.493 e. The van der Waals surface area contributed by atoms with Crippen molar-refractivity contribution in [2.24, 2.45) is 11.7 Å². The Balaban J connectivity index is 2.00. The Kier molecular flexibility index (Phi) is 3.87. The molecule has 0 heterocycles. The lowest BCUT2D eigenvalue weighted by Gasteiger charge is -2.14. The van der Waals surface area contributed by atoms with E-state index in [1.165, 1.54) is 19.3 Å². The second-order valence-electron chi connectivity index (χ2n) is 4.55. The topological polar surface area (TPSA) is 35.2 Å². The molecule has 88 valence electrons. The van der Waals surface area contributed by atoms with Crippen molar-refractivity contribution in [3.05, 3.63) is 28.2 Å². The van der Waals surface area contributed by atoms with Crippen molar-refractivity contribution in [3.8, 4) is 5.75 Å². The molecule has 1 atom stereocenters. The van der Waals surface area contributed by atoms with Gasteiger partial charge in [-0.15, -0.1) is 0 Å². The van der Waals surface area contributed by atoms with Gasteiger partial charge in [-0.25, -0.2) is 0 Å². The van der Waals surface area contributed by atoms with E-state index in [1.807, 2.05) is 25.1 Å².